The molecule has 1 aromatic rings. The highest BCUT2D eigenvalue weighted by atomic mass is 14.9. The van der Waals surface area contributed by atoms with E-state index in [9.17, 15) is 0 Å². The van der Waals surface area contributed by atoms with Gasteiger partial charge in [-0.25, -0.2) is 4.98 Å². The zero-order valence-corrected chi connectivity index (χ0v) is 10.3. The molecule has 2 rings (SSSR count). The molecular weight excluding hydrogens is 198 g/mol. The minimum atomic E-state index is 0.681. The Balaban J connectivity index is 2.16. The second-order valence-electron chi connectivity index (χ2n) is 4.77. The van der Waals surface area contributed by atoms with Gasteiger partial charge in [0.1, 0.15) is 5.82 Å². The third kappa shape index (κ3) is 2.46. The summed E-state index contributed by atoms with van der Waals surface area (Å²) in [4.78, 5) is 8.20. The first kappa shape index (κ1) is 11.6. The van der Waals surface area contributed by atoms with Crippen molar-refractivity contribution in [3.05, 3.63) is 17.2 Å². The Morgan fingerprint density at radius 2 is 2.06 bits per heavy atom. The van der Waals surface area contributed by atoms with Crippen LogP contribution < -0.4 is 5.73 Å². The van der Waals surface area contributed by atoms with E-state index >= 15 is 0 Å². The lowest BCUT2D eigenvalue weighted by Crippen LogP contribution is -2.07. The highest BCUT2D eigenvalue weighted by Crippen LogP contribution is 2.33. The fourth-order valence-electron chi connectivity index (χ4n) is 2.72. The largest absolute Gasteiger partial charge is 0.346 e. The number of nitrogens with one attached hydrogen (secondary N) is 1. The van der Waals surface area contributed by atoms with Crippen LogP contribution in [0.1, 0.15) is 62.2 Å². The van der Waals surface area contributed by atoms with Crippen molar-refractivity contribution < 1.29 is 0 Å². The summed E-state index contributed by atoms with van der Waals surface area (Å²) >= 11 is 0. The molecule has 90 valence electrons. The van der Waals surface area contributed by atoms with Crippen LogP contribution in [0.3, 0.4) is 0 Å². The Morgan fingerprint density at radius 3 is 2.69 bits per heavy atom. The molecule has 0 amide bonds. The summed E-state index contributed by atoms with van der Waals surface area (Å²) in [6, 6.07) is 0. The number of hydrogen-bond donors (Lipinski definition) is 2. The summed E-state index contributed by atoms with van der Waals surface area (Å²) in [5.74, 6) is 1.78. The molecule has 1 aliphatic carbocycles. The molecule has 3 heteroatoms. The Kier molecular flexibility index (Phi) is 3.99. The fourth-order valence-corrected chi connectivity index (χ4v) is 2.72. The molecule has 0 atom stereocenters. The molecular formula is C13H23N3. The van der Waals surface area contributed by atoms with E-state index in [1.807, 2.05) is 0 Å². The number of rotatable bonds is 4. The van der Waals surface area contributed by atoms with Crippen LogP contribution in [-0.4, -0.2) is 16.5 Å². The summed E-state index contributed by atoms with van der Waals surface area (Å²) in [6.45, 7) is 2.88. The van der Waals surface area contributed by atoms with E-state index in [-0.39, 0.29) is 0 Å². The van der Waals surface area contributed by atoms with Crippen molar-refractivity contribution in [3.63, 3.8) is 0 Å². The van der Waals surface area contributed by atoms with Gasteiger partial charge in [0.05, 0.1) is 5.69 Å². The summed E-state index contributed by atoms with van der Waals surface area (Å²) < 4.78 is 0. The summed E-state index contributed by atoms with van der Waals surface area (Å²) in [6.07, 6.45) is 8.71. The van der Waals surface area contributed by atoms with Crippen molar-refractivity contribution in [2.24, 2.45) is 5.73 Å². The van der Waals surface area contributed by atoms with Crippen molar-refractivity contribution in [2.75, 3.05) is 6.54 Å². The molecule has 0 unspecified atom stereocenters. The minimum Gasteiger partial charge on any atom is -0.346 e. The van der Waals surface area contributed by atoms with E-state index in [0.29, 0.717) is 12.5 Å². The molecule has 1 fully saturated rings. The molecule has 1 aliphatic rings. The molecule has 0 radical (unpaired) electrons. The van der Waals surface area contributed by atoms with E-state index in [1.165, 1.54) is 43.5 Å². The van der Waals surface area contributed by atoms with Crippen molar-refractivity contribution in [1.82, 2.24) is 9.97 Å². The zero-order valence-electron chi connectivity index (χ0n) is 10.3. The molecule has 0 bridgehead atoms. The maximum Gasteiger partial charge on any atom is 0.107 e. The lowest BCUT2D eigenvalue weighted by atomic mass is 9.86. The van der Waals surface area contributed by atoms with Crippen LogP contribution in [0.25, 0.3) is 0 Å². The number of imidazole rings is 1. The molecule has 1 aromatic heterocycles. The SMILES string of the molecule is CCc1[nH]c(CCN)nc1C1CCCCC1. The molecule has 0 saturated heterocycles. The number of aromatic nitrogens is 2. The Bertz CT molecular complexity index is 324. The molecule has 3 N–H and O–H groups in total. The maximum absolute atomic E-state index is 5.58. The highest BCUT2D eigenvalue weighted by molar-refractivity contribution is 5.20. The molecule has 0 spiro atoms. The Labute approximate surface area is 97.8 Å². The first-order valence-electron chi connectivity index (χ1n) is 6.62. The van der Waals surface area contributed by atoms with Crippen molar-refractivity contribution in [1.29, 1.82) is 0 Å². The van der Waals surface area contributed by atoms with Crippen LogP contribution in [0.5, 0.6) is 0 Å². The third-order valence-electron chi connectivity index (χ3n) is 3.59. The minimum absolute atomic E-state index is 0.681. The number of hydrogen-bond acceptors (Lipinski definition) is 2. The Hall–Kier alpha value is -0.830. The lowest BCUT2D eigenvalue weighted by Gasteiger charge is -2.20. The number of aromatic amines is 1. The molecule has 3 nitrogen and oxygen atoms in total. The summed E-state index contributed by atoms with van der Waals surface area (Å²) in [7, 11) is 0. The summed E-state index contributed by atoms with van der Waals surface area (Å²) in [5.41, 5.74) is 8.26. The quantitative estimate of drug-likeness (QED) is 0.821. The van der Waals surface area contributed by atoms with Gasteiger partial charge in [-0.05, 0) is 25.8 Å². The second-order valence-corrected chi connectivity index (χ2v) is 4.77. The van der Waals surface area contributed by atoms with Crippen molar-refractivity contribution in [3.8, 4) is 0 Å². The van der Waals surface area contributed by atoms with Crippen LogP contribution in [0, 0.1) is 0 Å². The van der Waals surface area contributed by atoms with Gasteiger partial charge in [-0.2, -0.15) is 0 Å². The van der Waals surface area contributed by atoms with Crippen LogP contribution in [-0.2, 0) is 12.8 Å². The van der Waals surface area contributed by atoms with Crippen molar-refractivity contribution >= 4 is 0 Å². The summed E-state index contributed by atoms with van der Waals surface area (Å²) in [5, 5.41) is 0. The normalized spacial score (nSPS) is 17.9. The van der Waals surface area contributed by atoms with Gasteiger partial charge < -0.3 is 10.7 Å². The average molecular weight is 221 g/mol. The van der Waals surface area contributed by atoms with E-state index in [1.54, 1.807) is 0 Å². The van der Waals surface area contributed by atoms with Crippen LogP contribution in [0.4, 0.5) is 0 Å². The van der Waals surface area contributed by atoms with E-state index in [2.05, 4.69) is 11.9 Å². The molecule has 1 saturated carbocycles. The van der Waals surface area contributed by atoms with Gasteiger partial charge in [0, 0.05) is 18.0 Å². The predicted octanol–water partition coefficient (Wildman–Crippen LogP) is 2.52. The zero-order chi connectivity index (χ0) is 11.4. The predicted molar refractivity (Wildman–Crippen MR) is 66.6 cm³/mol. The number of nitrogens with zero attached hydrogens (tertiary/aromatic N) is 1. The average Bonchev–Trinajstić information content (AvgIpc) is 2.74. The first-order valence-corrected chi connectivity index (χ1v) is 6.62. The van der Waals surface area contributed by atoms with Crippen LogP contribution >= 0.6 is 0 Å². The van der Waals surface area contributed by atoms with E-state index in [4.69, 9.17) is 10.7 Å². The van der Waals surface area contributed by atoms with Crippen molar-refractivity contribution in [2.45, 2.75) is 57.8 Å². The second kappa shape index (κ2) is 5.48. The standard InChI is InChI=1S/C13H23N3/c1-2-11-13(10-6-4-3-5-7-10)16-12(15-11)8-9-14/h10H,2-9,14H2,1H3,(H,15,16). The van der Waals surface area contributed by atoms with E-state index < -0.39 is 0 Å². The smallest absolute Gasteiger partial charge is 0.107 e. The lowest BCUT2D eigenvalue weighted by molar-refractivity contribution is 0.435. The van der Waals surface area contributed by atoms with Gasteiger partial charge >= 0.3 is 0 Å². The first-order chi connectivity index (χ1) is 7.85. The molecule has 1 heterocycles. The number of nitrogens with two attached hydrogens (primary N) is 1. The van der Waals surface area contributed by atoms with Crippen LogP contribution in [0.15, 0.2) is 0 Å². The monoisotopic (exact) mass is 221 g/mol. The number of aryl methyl sites for hydroxylation is 1. The molecule has 16 heavy (non-hydrogen) atoms. The van der Waals surface area contributed by atoms with Crippen LogP contribution in [0.2, 0.25) is 0 Å². The Morgan fingerprint density at radius 1 is 1.31 bits per heavy atom. The van der Waals surface area contributed by atoms with Gasteiger partial charge in [0.25, 0.3) is 0 Å². The number of H-pyrrole nitrogens is 1. The van der Waals surface area contributed by atoms with Gasteiger partial charge in [0.2, 0.25) is 0 Å². The third-order valence-corrected chi connectivity index (χ3v) is 3.59. The van der Waals surface area contributed by atoms with Gasteiger partial charge in [-0.15, -0.1) is 0 Å². The van der Waals surface area contributed by atoms with Gasteiger partial charge in [-0.1, -0.05) is 26.2 Å². The highest BCUT2D eigenvalue weighted by Gasteiger charge is 2.21. The fraction of sp³-hybridized carbons (Fsp3) is 0.769. The maximum atomic E-state index is 5.58. The van der Waals surface area contributed by atoms with E-state index in [0.717, 1.165) is 18.7 Å². The topological polar surface area (TPSA) is 54.7 Å². The molecule has 0 aromatic carbocycles. The van der Waals surface area contributed by atoms with Gasteiger partial charge in [0.15, 0.2) is 0 Å². The molecule has 0 aliphatic heterocycles. The van der Waals surface area contributed by atoms with Gasteiger partial charge in [-0.3, -0.25) is 0 Å².